The fourth-order valence-corrected chi connectivity index (χ4v) is 5.06. The van der Waals surface area contributed by atoms with E-state index in [0.29, 0.717) is 12.6 Å². The predicted molar refractivity (Wildman–Crippen MR) is 87.0 cm³/mol. The number of piperidine rings is 1. The van der Waals surface area contributed by atoms with Crippen molar-refractivity contribution in [2.75, 3.05) is 26.3 Å². The Kier molecular flexibility index (Phi) is 4.69. The lowest BCUT2D eigenvalue weighted by atomic mass is 9.79. The summed E-state index contributed by atoms with van der Waals surface area (Å²) in [5.74, 6) is 0. The second-order valence-corrected chi connectivity index (χ2v) is 7.63. The van der Waals surface area contributed by atoms with E-state index in [4.69, 9.17) is 9.84 Å². The minimum Gasteiger partial charge on any atom is -0.396 e. The lowest BCUT2D eigenvalue weighted by Crippen LogP contribution is -2.50. The molecule has 0 aliphatic carbocycles. The van der Waals surface area contributed by atoms with Crippen LogP contribution in [-0.4, -0.2) is 42.4 Å². The first-order valence-corrected chi connectivity index (χ1v) is 9.11. The number of aryl methyl sites for hydroxylation is 1. The van der Waals surface area contributed by atoms with Crippen molar-refractivity contribution < 1.29 is 9.84 Å². The highest BCUT2D eigenvalue weighted by Crippen LogP contribution is 2.46. The summed E-state index contributed by atoms with van der Waals surface area (Å²) < 4.78 is 6.34. The molecule has 0 bridgehead atoms. The molecule has 2 atom stereocenters. The molecule has 2 aliphatic rings. The number of hydrogen-bond acceptors (Lipinski definition) is 4. The van der Waals surface area contributed by atoms with Crippen LogP contribution in [0.25, 0.3) is 0 Å². The second-order valence-electron chi connectivity index (χ2n) is 6.41. The van der Waals surface area contributed by atoms with Crippen LogP contribution in [0.5, 0.6) is 0 Å². The average molecular weight is 309 g/mol. The van der Waals surface area contributed by atoms with Gasteiger partial charge in [0.1, 0.15) is 0 Å². The molecule has 0 saturated carbocycles. The molecule has 118 valence electrons. The molecule has 4 heteroatoms. The molecule has 1 saturated heterocycles. The Hall–Kier alpha value is -0.420. The zero-order valence-electron chi connectivity index (χ0n) is 13.2. The Labute approximate surface area is 131 Å². The molecule has 3 heterocycles. The molecule has 1 aromatic heterocycles. The zero-order valence-corrected chi connectivity index (χ0v) is 14.0. The lowest BCUT2D eigenvalue weighted by Gasteiger charge is -2.47. The molecule has 2 aliphatic heterocycles. The van der Waals surface area contributed by atoms with Crippen molar-refractivity contribution in [2.45, 2.75) is 57.6 Å². The van der Waals surface area contributed by atoms with Gasteiger partial charge < -0.3 is 14.7 Å². The van der Waals surface area contributed by atoms with Crippen molar-refractivity contribution in [3.05, 3.63) is 21.4 Å². The van der Waals surface area contributed by atoms with Crippen LogP contribution in [0.2, 0.25) is 0 Å². The van der Waals surface area contributed by atoms with Crippen LogP contribution < -0.4 is 0 Å². The smallest absolute Gasteiger partial charge is 0.0969 e. The van der Waals surface area contributed by atoms with Gasteiger partial charge in [0.2, 0.25) is 0 Å². The average Bonchev–Trinajstić information content (AvgIpc) is 2.92. The molecule has 1 aromatic rings. The van der Waals surface area contributed by atoms with E-state index in [1.165, 1.54) is 10.4 Å². The third-order valence-corrected chi connectivity index (χ3v) is 6.40. The number of thiophene rings is 1. The summed E-state index contributed by atoms with van der Waals surface area (Å²) in [6.07, 6.45) is 5.28. The maximum atomic E-state index is 9.04. The van der Waals surface area contributed by atoms with Crippen molar-refractivity contribution in [1.29, 1.82) is 0 Å². The number of hydrogen-bond donors (Lipinski definition) is 1. The largest absolute Gasteiger partial charge is 0.396 e. The van der Waals surface area contributed by atoms with Gasteiger partial charge in [-0.3, -0.25) is 0 Å². The van der Waals surface area contributed by atoms with Gasteiger partial charge in [-0.05, 0) is 44.2 Å². The molecule has 3 rings (SSSR count). The Morgan fingerprint density at radius 2 is 2.38 bits per heavy atom. The number of nitrogens with zero attached hydrogens (tertiary/aromatic N) is 1. The zero-order chi connectivity index (χ0) is 14.9. The second kappa shape index (κ2) is 6.37. The van der Waals surface area contributed by atoms with Crippen molar-refractivity contribution in [2.24, 2.45) is 0 Å². The molecule has 1 fully saturated rings. The Balaban J connectivity index is 1.79. The number of rotatable bonds is 4. The van der Waals surface area contributed by atoms with Gasteiger partial charge in [0, 0.05) is 41.9 Å². The molecule has 0 radical (unpaired) electrons. The normalized spacial score (nSPS) is 29.8. The van der Waals surface area contributed by atoms with Gasteiger partial charge in [0.15, 0.2) is 0 Å². The topological polar surface area (TPSA) is 32.7 Å². The first kappa shape index (κ1) is 15.5. The summed E-state index contributed by atoms with van der Waals surface area (Å²) >= 11 is 1.99. The van der Waals surface area contributed by atoms with E-state index in [0.717, 1.165) is 51.8 Å². The number of aliphatic hydroxyl groups is 1. The fraction of sp³-hybridized carbons (Fsp3) is 0.765. The van der Waals surface area contributed by atoms with Crippen molar-refractivity contribution in [1.82, 2.24) is 4.90 Å². The highest BCUT2D eigenvalue weighted by Gasteiger charge is 2.44. The Morgan fingerprint density at radius 1 is 1.52 bits per heavy atom. The van der Waals surface area contributed by atoms with Gasteiger partial charge in [0.25, 0.3) is 0 Å². The third-order valence-electron chi connectivity index (χ3n) is 5.06. The number of aliphatic hydroxyl groups excluding tert-OH is 1. The number of ether oxygens (including phenoxy) is 1. The minimum absolute atomic E-state index is 0.0351. The third kappa shape index (κ3) is 2.91. The van der Waals surface area contributed by atoms with Crippen LogP contribution in [0.3, 0.4) is 0 Å². The van der Waals surface area contributed by atoms with E-state index in [1.54, 1.807) is 4.88 Å². The van der Waals surface area contributed by atoms with Crippen LogP contribution in [0.1, 0.15) is 48.4 Å². The molecule has 1 N–H and O–H groups in total. The fourth-order valence-electron chi connectivity index (χ4n) is 3.88. The standard InChI is InChI=1S/C17H27NO2S/c1-3-14-11-15-16(21-14)5-10-20-17(15)6-8-18(7-4-9-19)13(2)12-17/h11,13,19H,3-10,12H2,1-2H3/t13-,17+/m0/s1. The van der Waals surface area contributed by atoms with E-state index in [-0.39, 0.29) is 5.60 Å². The Morgan fingerprint density at radius 3 is 3.10 bits per heavy atom. The van der Waals surface area contributed by atoms with E-state index in [1.807, 2.05) is 11.3 Å². The summed E-state index contributed by atoms with van der Waals surface area (Å²) in [5.41, 5.74) is 1.45. The van der Waals surface area contributed by atoms with Crippen molar-refractivity contribution in [3.8, 4) is 0 Å². The number of fused-ring (bicyclic) bond motifs is 2. The highest BCUT2D eigenvalue weighted by atomic mass is 32.1. The quantitative estimate of drug-likeness (QED) is 0.928. The predicted octanol–water partition coefficient (Wildman–Crippen LogP) is 2.95. The highest BCUT2D eigenvalue weighted by molar-refractivity contribution is 7.12. The summed E-state index contributed by atoms with van der Waals surface area (Å²) in [6.45, 7) is 7.80. The van der Waals surface area contributed by atoms with Crippen LogP contribution in [0.15, 0.2) is 6.07 Å². The summed E-state index contributed by atoms with van der Waals surface area (Å²) in [7, 11) is 0. The van der Waals surface area contributed by atoms with Gasteiger partial charge in [-0.25, -0.2) is 0 Å². The molecule has 0 amide bonds. The first-order valence-electron chi connectivity index (χ1n) is 8.29. The van der Waals surface area contributed by atoms with Crippen LogP contribution >= 0.6 is 11.3 Å². The van der Waals surface area contributed by atoms with Gasteiger partial charge in [0.05, 0.1) is 12.2 Å². The van der Waals surface area contributed by atoms with Crippen LogP contribution in [0.4, 0.5) is 0 Å². The van der Waals surface area contributed by atoms with Gasteiger partial charge >= 0.3 is 0 Å². The summed E-state index contributed by atoms with van der Waals surface area (Å²) in [5, 5.41) is 9.04. The molecular weight excluding hydrogens is 282 g/mol. The molecular formula is C17H27NO2S. The molecule has 3 nitrogen and oxygen atoms in total. The SMILES string of the molecule is CCc1cc2c(s1)CCO[C@@]21CCN(CCCO)[C@@H](C)C1. The van der Waals surface area contributed by atoms with E-state index in [9.17, 15) is 0 Å². The van der Waals surface area contributed by atoms with Crippen molar-refractivity contribution >= 4 is 11.3 Å². The van der Waals surface area contributed by atoms with Gasteiger partial charge in [-0.2, -0.15) is 0 Å². The van der Waals surface area contributed by atoms with Crippen LogP contribution in [-0.2, 0) is 23.2 Å². The maximum absolute atomic E-state index is 9.04. The summed E-state index contributed by atoms with van der Waals surface area (Å²) in [4.78, 5) is 5.57. The molecule has 21 heavy (non-hydrogen) atoms. The van der Waals surface area contributed by atoms with E-state index < -0.39 is 0 Å². The van der Waals surface area contributed by atoms with Gasteiger partial charge in [-0.1, -0.05) is 6.92 Å². The lowest BCUT2D eigenvalue weighted by molar-refractivity contribution is -0.111. The number of likely N-dealkylation sites (tertiary alicyclic amines) is 1. The minimum atomic E-state index is -0.0351. The van der Waals surface area contributed by atoms with Gasteiger partial charge in [-0.15, -0.1) is 11.3 Å². The molecule has 0 unspecified atom stereocenters. The van der Waals surface area contributed by atoms with Crippen LogP contribution in [0, 0.1) is 0 Å². The molecule has 1 spiro atoms. The van der Waals surface area contributed by atoms with Crippen molar-refractivity contribution in [3.63, 3.8) is 0 Å². The monoisotopic (exact) mass is 309 g/mol. The van der Waals surface area contributed by atoms with E-state index in [2.05, 4.69) is 24.8 Å². The molecule has 0 aromatic carbocycles. The van der Waals surface area contributed by atoms with E-state index >= 15 is 0 Å². The Bertz CT molecular complexity index is 487. The first-order chi connectivity index (χ1) is 10.2. The maximum Gasteiger partial charge on any atom is 0.0969 e. The summed E-state index contributed by atoms with van der Waals surface area (Å²) in [6, 6.07) is 2.94.